The van der Waals surface area contributed by atoms with Gasteiger partial charge in [-0.3, -0.25) is 9.59 Å². The summed E-state index contributed by atoms with van der Waals surface area (Å²) in [6.07, 6.45) is 1.19. The number of aromatic nitrogens is 1. The molecular weight excluding hydrogens is 310 g/mol. The van der Waals surface area contributed by atoms with Gasteiger partial charge in [-0.15, -0.1) is 11.6 Å². The molecule has 1 aliphatic rings. The Hall–Kier alpha value is -1.86. The van der Waals surface area contributed by atoms with Crippen LogP contribution in [0.3, 0.4) is 0 Å². The van der Waals surface area contributed by atoms with Gasteiger partial charge in [-0.1, -0.05) is 0 Å². The first-order valence-electron chi connectivity index (χ1n) is 6.90. The summed E-state index contributed by atoms with van der Waals surface area (Å²) >= 11 is 5.50. The molecule has 2 N–H and O–H groups in total. The summed E-state index contributed by atoms with van der Waals surface area (Å²) in [6, 6.07) is 3.34. The topological polar surface area (TPSA) is 89.5 Å². The first-order valence-corrected chi connectivity index (χ1v) is 7.44. The van der Waals surface area contributed by atoms with E-state index in [9.17, 15) is 9.59 Å². The number of rotatable bonds is 7. The molecule has 0 saturated carbocycles. The third-order valence-corrected chi connectivity index (χ3v) is 3.43. The lowest BCUT2D eigenvalue weighted by Gasteiger charge is -2.27. The largest absolute Gasteiger partial charge is 0.469 e. The van der Waals surface area contributed by atoms with Gasteiger partial charge < -0.3 is 20.1 Å². The summed E-state index contributed by atoms with van der Waals surface area (Å²) < 4.78 is 9.96. The maximum atomic E-state index is 11.5. The second kappa shape index (κ2) is 7.95. The molecule has 0 unspecified atom stereocenters. The number of anilines is 2. The summed E-state index contributed by atoms with van der Waals surface area (Å²) in [5.74, 6) is -0.365. The average molecular weight is 328 g/mol. The van der Waals surface area contributed by atoms with Crippen LogP contribution in [0.25, 0.3) is 0 Å². The SMILES string of the molecule is COC(=O)Cc1ccc(NC(=O)CCl)c(NC[C@@H]2CCO2)n1. The van der Waals surface area contributed by atoms with Gasteiger partial charge in [-0.25, -0.2) is 4.98 Å². The van der Waals surface area contributed by atoms with Gasteiger partial charge in [0, 0.05) is 13.2 Å². The number of pyridine rings is 1. The highest BCUT2D eigenvalue weighted by molar-refractivity contribution is 6.29. The zero-order chi connectivity index (χ0) is 15.9. The number of esters is 1. The maximum absolute atomic E-state index is 11.5. The van der Waals surface area contributed by atoms with Crippen molar-refractivity contribution < 1.29 is 19.1 Å². The van der Waals surface area contributed by atoms with Crippen LogP contribution < -0.4 is 10.6 Å². The number of methoxy groups -OCH3 is 1. The molecule has 0 aliphatic carbocycles. The number of nitrogens with zero attached hydrogens (tertiary/aromatic N) is 1. The third kappa shape index (κ3) is 4.57. The van der Waals surface area contributed by atoms with E-state index in [2.05, 4.69) is 20.4 Å². The molecule has 0 radical (unpaired) electrons. The van der Waals surface area contributed by atoms with Crippen LogP contribution in [0.1, 0.15) is 12.1 Å². The van der Waals surface area contributed by atoms with Gasteiger partial charge >= 0.3 is 5.97 Å². The highest BCUT2D eigenvalue weighted by Gasteiger charge is 2.19. The van der Waals surface area contributed by atoms with E-state index in [4.69, 9.17) is 16.3 Å². The normalized spacial score (nSPS) is 16.5. The van der Waals surface area contributed by atoms with E-state index in [0.717, 1.165) is 13.0 Å². The molecule has 22 heavy (non-hydrogen) atoms. The fourth-order valence-electron chi connectivity index (χ4n) is 1.89. The van der Waals surface area contributed by atoms with Crippen molar-refractivity contribution in [2.75, 3.05) is 36.8 Å². The van der Waals surface area contributed by atoms with Crippen molar-refractivity contribution in [3.63, 3.8) is 0 Å². The van der Waals surface area contributed by atoms with E-state index in [-0.39, 0.29) is 30.3 Å². The fourth-order valence-corrected chi connectivity index (χ4v) is 1.96. The Kier molecular flexibility index (Phi) is 5.97. The smallest absolute Gasteiger partial charge is 0.311 e. The van der Waals surface area contributed by atoms with Crippen molar-refractivity contribution in [2.24, 2.45) is 0 Å². The van der Waals surface area contributed by atoms with Crippen molar-refractivity contribution >= 4 is 35.0 Å². The van der Waals surface area contributed by atoms with Crippen molar-refractivity contribution in [3.05, 3.63) is 17.8 Å². The molecule has 7 nitrogen and oxygen atoms in total. The van der Waals surface area contributed by atoms with Crippen molar-refractivity contribution in [3.8, 4) is 0 Å². The molecule has 0 aromatic carbocycles. The predicted octanol–water partition coefficient (Wildman–Crippen LogP) is 1.18. The lowest BCUT2D eigenvalue weighted by molar-refractivity contribution is -0.139. The van der Waals surface area contributed by atoms with Crippen LogP contribution in [0.15, 0.2) is 12.1 Å². The minimum Gasteiger partial charge on any atom is -0.469 e. The van der Waals surface area contributed by atoms with Crippen molar-refractivity contribution in [1.29, 1.82) is 0 Å². The molecule has 2 rings (SSSR count). The molecule has 120 valence electrons. The molecule has 1 fully saturated rings. The molecule has 1 aromatic rings. The predicted molar refractivity (Wildman–Crippen MR) is 82.2 cm³/mol. The second-order valence-corrected chi connectivity index (χ2v) is 5.06. The zero-order valence-electron chi connectivity index (χ0n) is 12.2. The summed E-state index contributed by atoms with van der Waals surface area (Å²) in [5.41, 5.74) is 1.06. The van der Waals surface area contributed by atoms with Crippen molar-refractivity contribution in [1.82, 2.24) is 4.98 Å². The number of hydrogen-bond acceptors (Lipinski definition) is 6. The number of hydrogen-bond donors (Lipinski definition) is 2. The fraction of sp³-hybridized carbons (Fsp3) is 0.500. The molecule has 1 amide bonds. The quantitative estimate of drug-likeness (QED) is 0.577. The first kappa shape index (κ1) is 16.5. The number of carbonyl (C=O) groups excluding carboxylic acids is 2. The van der Waals surface area contributed by atoms with Crippen LogP contribution in [-0.2, 0) is 25.5 Å². The highest BCUT2D eigenvalue weighted by atomic mass is 35.5. The summed E-state index contributed by atoms with van der Waals surface area (Å²) in [6.45, 7) is 1.34. The van der Waals surface area contributed by atoms with Gasteiger partial charge in [0.2, 0.25) is 5.91 Å². The number of carbonyl (C=O) groups is 2. The van der Waals surface area contributed by atoms with E-state index >= 15 is 0 Å². The van der Waals surface area contributed by atoms with Crippen LogP contribution >= 0.6 is 11.6 Å². The van der Waals surface area contributed by atoms with Gasteiger partial charge in [0.1, 0.15) is 11.7 Å². The molecule has 2 heterocycles. The van der Waals surface area contributed by atoms with Crippen LogP contribution in [0.5, 0.6) is 0 Å². The molecule has 1 aliphatic heterocycles. The van der Waals surface area contributed by atoms with Crippen LogP contribution in [0, 0.1) is 0 Å². The third-order valence-electron chi connectivity index (χ3n) is 3.19. The van der Waals surface area contributed by atoms with E-state index < -0.39 is 0 Å². The molecule has 1 saturated heterocycles. The van der Waals surface area contributed by atoms with E-state index in [1.54, 1.807) is 12.1 Å². The molecular formula is C14H18ClN3O4. The Balaban J connectivity index is 2.11. The Morgan fingerprint density at radius 1 is 1.50 bits per heavy atom. The average Bonchev–Trinajstić information content (AvgIpc) is 2.47. The van der Waals surface area contributed by atoms with Gasteiger partial charge in [-0.2, -0.15) is 0 Å². The second-order valence-electron chi connectivity index (χ2n) is 4.80. The standard InChI is InChI=1S/C14H18ClN3O4/c1-21-13(20)6-9-2-3-11(18-12(19)7-15)14(17-9)16-8-10-4-5-22-10/h2-3,10H,4-8H2,1H3,(H,16,17)(H,18,19)/t10-/m0/s1. The first-order chi connectivity index (χ1) is 10.6. The zero-order valence-corrected chi connectivity index (χ0v) is 13.0. The summed E-state index contributed by atoms with van der Waals surface area (Å²) in [5, 5.41) is 5.79. The summed E-state index contributed by atoms with van der Waals surface area (Å²) in [7, 11) is 1.32. The number of halogens is 1. The minimum atomic E-state index is -0.377. The Labute approximate surface area is 133 Å². The van der Waals surface area contributed by atoms with Crippen LogP contribution in [0.2, 0.25) is 0 Å². The van der Waals surface area contributed by atoms with Gasteiger partial charge in [-0.05, 0) is 18.6 Å². The number of ether oxygens (including phenoxy) is 2. The minimum absolute atomic E-state index is 0.0643. The summed E-state index contributed by atoms with van der Waals surface area (Å²) in [4.78, 5) is 27.1. The highest BCUT2D eigenvalue weighted by Crippen LogP contribution is 2.21. The number of alkyl halides is 1. The maximum Gasteiger partial charge on any atom is 0.311 e. The Morgan fingerprint density at radius 3 is 2.86 bits per heavy atom. The number of nitrogens with one attached hydrogen (secondary N) is 2. The molecule has 0 bridgehead atoms. The number of amides is 1. The van der Waals surface area contributed by atoms with E-state index in [1.807, 2.05) is 0 Å². The van der Waals surface area contributed by atoms with Gasteiger partial charge in [0.05, 0.1) is 31.0 Å². The molecule has 1 atom stereocenters. The van der Waals surface area contributed by atoms with Gasteiger partial charge in [0.15, 0.2) is 0 Å². The van der Waals surface area contributed by atoms with E-state index in [1.165, 1.54) is 7.11 Å². The van der Waals surface area contributed by atoms with Crippen molar-refractivity contribution in [2.45, 2.75) is 18.9 Å². The van der Waals surface area contributed by atoms with Crippen LogP contribution in [0.4, 0.5) is 11.5 Å². The van der Waals surface area contributed by atoms with Crippen LogP contribution in [-0.4, -0.2) is 49.1 Å². The monoisotopic (exact) mass is 327 g/mol. The Morgan fingerprint density at radius 2 is 2.27 bits per heavy atom. The molecule has 0 spiro atoms. The molecule has 8 heteroatoms. The van der Waals surface area contributed by atoms with Gasteiger partial charge in [0.25, 0.3) is 0 Å². The lowest BCUT2D eigenvalue weighted by atomic mass is 10.2. The Bertz CT molecular complexity index is 549. The van der Waals surface area contributed by atoms with E-state index in [0.29, 0.717) is 23.7 Å². The molecule has 1 aromatic heterocycles. The lowest BCUT2D eigenvalue weighted by Crippen LogP contribution is -2.34.